The highest BCUT2D eigenvalue weighted by atomic mass is 79.9. The van der Waals surface area contributed by atoms with Crippen LogP contribution >= 0.6 is 15.9 Å². The summed E-state index contributed by atoms with van der Waals surface area (Å²) in [5.74, 6) is -0.000625. The summed E-state index contributed by atoms with van der Waals surface area (Å²) in [4.78, 5) is 14.1. The van der Waals surface area contributed by atoms with E-state index in [1.54, 1.807) is 23.1 Å². The zero-order chi connectivity index (χ0) is 12.4. The Balaban J connectivity index is 2.21. The topological polar surface area (TPSA) is 55.6 Å². The lowest BCUT2D eigenvalue weighted by molar-refractivity contribution is -0.0124. The van der Waals surface area contributed by atoms with Crippen molar-refractivity contribution in [3.05, 3.63) is 28.2 Å². The van der Waals surface area contributed by atoms with Gasteiger partial charge >= 0.3 is 0 Å². The number of rotatable bonds is 1. The number of morpholine rings is 1. The van der Waals surface area contributed by atoms with Gasteiger partial charge in [-0.3, -0.25) is 4.79 Å². The van der Waals surface area contributed by atoms with Gasteiger partial charge in [-0.2, -0.15) is 0 Å². The van der Waals surface area contributed by atoms with Gasteiger partial charge in [0.15, 0.2) is 0 Å². The van der Waals surface area contributed by atoms with Crippen LogP contribution < -0.4 is 5.73 Å². The van der Waals surface area contributed by atoms with Crippen LogP contribution in [0.4, 0.5) is 5.69 Å². The van der Waals surface area contributed by atoms with Crippen molar-refractivity contribution >= 4 is 27.5 Å². The lowest BCUT2D eigenvalue weighted by Gasteiger charge is -2.31. The van der Waals surface area contributed by atoms with Crippen LogP contribution in [0.1, 0.15) is 17.3 Å². The van der Waals surface area contributed by atoms with E-state index in [0.717, 1.165) is 4.47 Å². The molecule has 1 aliphatic heterocycles. The predicted molar refractivity (Wildman–Crippen MR) is 69.9 cm³/mol. The molecule has 0 bridgehead atoms. The Morgan fingerprint density at radius 1 is 1.59 bits per heavy atom. The predicted octanol–water partition coefficient (Wildman–Crippen LogP) is 1.89. The van der Waals surface area contributed by atoms with Crippen LogP contribution in [0.3, 0.4) is 0 Å². The van der Waals surface area contributed by atoms with E-state index >= 15 is 0 Å². The minimum absolute atomic E-state index is 0.000625. The molecule has 2 rings (SSSR count). The summed E-state index contributed by atoms with van der Waals surface area (Å²) < 4.78 is 6.19. The third-order valence-corrected chi connectivity index (χ3v) is 3.44. The van der Waals surface area contributed by atoms with E-state index < -0.39 is 0 Å². The van der Waals surface area contributed by atoms with Crippen molar-refractivity contribution in [2.75, 3.05) is 25.4 Å². The molecule has 1 unspecified atom stereocenters. The standard InChI is InChI=1S/C12H15BrN2O2/c1-8-7-15(4-5-17-8)12(16)10-6-9(14)2-3-11(10)13/h2-3,6,8H,4-5,7,14H2,1H3. The zero-order valence-electron chi connectivity index (χ0n) is 9.65. The molecule has 2 N–H and O–H groups in total. The Hall–Kier alpha value is -1.07. The van der Waals surface area contributed by atoms with Crippen LogP contribution in [-0.2, 0) is 4.74 Å². The molecule has 0 aromatic heterocycles. The highest BCUT2D eigenvalue weighted by Crippen LogP contribution is 2.22. The number of halogens is 1. The molecule has 5 heteroatoms. The van der Waals surface area contributed by atoms with Crippen LogP contribution in [-0.4, -0.2) is 36.6 Å². The molecule has 4 nitrogen and oxygen atoms in total. The highest BCUT2D eigenvalue weighted by molar-refractivity contribution is 9.10. The molecule has 1 heterocycles. The zero-order valence-corrected chi connectivity index (χ0v) is 11.2. The number of hydrogen-bond donors (Lipinski definition) is 1. The van der Waals surface area contributed by atoms with Crippen molar-refractivity contribution < 1.29 is 9.53 Å². The minimum Gasteiger partial charge on any atom is -0.399 e. The van der Waals surface area contributed by atoms with Gasteiger partial charge in [-0.25, -0.2) is 0 Å². The Labute approximate surface area is 109 Å². The third kappa shape index (κ3) is 2.79. The van der Waals surface area contributed by atoms with Crippen molar-refractivity contribution in [1.82, 2.24) is 4.90 Å². The van der Waals surface area contributed by atoms with Gasteiger partial charge in [0.2, 0.25) is 0 Å². The smallest absolute Gasteiger partial charge is 0.255 e. The van der Waals surface area contributed by atoms with Crippen LogP contribution in [0.2, 0.25) is 0 Å². The number of hydrogen-bond acceptors (Lipinski definition) is 3. The molecule has 0 aliphatic carbocycles. The van der Waals surface area contributed by atoms with Crippen molar-refractivity contribution in [3.63, 3.8) is 0 Å². The summed E-state index contributed by atoms with van der Waals surface area (Å²) in [7, 11) is 0. The summed E-state index contributed by atoms with van der Waals surface area (Å²) in [6.45, 7) is 3.81. The second-order valence-corrected chi connectivity index (χ2v) is 5.03. The number of nitrogens with zero attached hydrogens (tertiary/aromatic N) is 1. The molecule has 1 amide bonds. The quantitative estimate of drug-likeness (QED) is 0.806. The Kier molecular flexibility index (Phi) is 3.69. The normalized spacial score (nSPS) is 20.4. The van der Waals surface area contributed by atoms with Crippen LogP contribution in [0.15, 0.2) is 22.7 Å². The van der Waals surface area contributed by atoms with Crippen LogP contribution in [0.25, 0.3) is 0 Å². The minimum atomic E-state index is -0.000625. The Bertz CT molecular complexity index is 437. The molecule has 0 saturated carbocycles. The molecular weight excluding hydrogens is 284 g/mol. The summed E-state index contributed by atoms with van der Waals surface area (Å²) in [6.07, 6.45) is 0.0903. The number of amides is 1. The molecule has 1 aromatic rings. The molecule has 1 atom stereocenters. The number of carbonyl (C=O) groups excluding carboxylic acids is 1. The van der Waals surface area contributed by atoms with Gasteiger partial charge in [0.05, 0.1) is 18.3 Å². The van der Waals surface area contributed by atoms with E-state index in [4.69, 9.17) is 10.5 Å². The molecule has 92 valence electrons. The number of benzene rings is 1. The second-order valence-electron chi connectivity index (χ2n) is 4.17. The van der Waals surface area contributed by atoms with Gasteiger partial charge in [0.25, 0.3) is 5.91 Å². The molecular formula is C12H15BrN2O2. The summed E-state index contributed by atoms with van der Waals surface area (Å²) in [5, 5.41) is 0. The van der Waals surface area contributed by atoms with Crippen LogP contribution in [0, 0.1) is 0 Å². The highest BCUT2D eigenvalue weighted by Gasteiger charge is 2.23. The SMILES string of the molecule is CC1CN(C(=O)c2cc(N)ccc2Br)CCO1. The summed E-state index contributed by atoms with van der Waals surface area (Å²) in [6, 6.07) is 5.27. The van der Waals surface area contributed by atoms with E-state index in [2.05, 4.69) is 15.9 Å². The molecule has 0 spiro atoms. The molecule has 1 aromatic carbocycles. The third-order valence-electron chi connectivity index (χ3n) is 2.75. The largest absolute Gasteiger partial charge is 0.399 e. The van der Waals surface area contributed by atoms with Gasteiger partial charge in [-0.1, -0.05) is 0 Å². The molecule has 1 aliphatic rings. The maximum absolute atomic E-state index is 12.3. The fourth-order valence-corrected chi connectivity index (χ4v) is 2.30. The van der Waals surface area contributed by atoms with Gasteiger partial charge in [-0.15, -0.1) is 0 Å². The number of anilines is 1. The fraction of sp³-hybridized carbons (Fsp3) is 0.417. The van der Waals surface area contributed by atoms with E-state index in [9.17, 15) is 4.79 Å². The van der Waals surface area contributed by atoms with Gasteiger partial charge in [0, 0.05) is 23.2 Å². The summed E-state index contributed by atoms with van der Waals surface area (Å²) in [5.41, 5.74) is 6.91. The summed E-state index contributed by atoms with van der Waals surface area (Å²) >= 11 is 3.38. The number of ether oxygens (including phenoxy) is 1. The molecule has 0 radical (unpaired) electrons. The van der Waals surface area contributed by atoms with Gasteiger partial charge < -0.3 is 15.4 Å². The first-order valence-electron chi connectivity index (χ1n) is 5.54. The van der Waals surface area contributed by atoms with E-state index in [1.807, 2.05) is 6.92 Å². The number of nitrogen functional groups attached to an aromatic ring is 1. The van der Waals surface area contributed by atoms with Gasteiger partial charge in [0.1, 0.15) is 0 Å². The monoisotopic (exact) mass is 298 g/mol. The average Bonchev–Trinajstić information content (AvgIpc) is 2.31. The Morgan fingerprint density at radius 2 is 2.35 bits per heavy atom. The second kappa shape index (κ2) is 5.06. The first kappa shape index (κ1) is 12.4. The van der Waals surface area contributed by atoms with Crippen molar-refractivity contribution in [2.45, 2.75) is 13.0 Å². The number of nitrogens with two attached hydrogens (primary N) is 1. The lowest BCUT2D eigenvalue weighted by Crippen LogP contribution is -2.44. The average molecular weight is 299 g/mol. The van der Waals surface area contributed by atoms with Crippen LogP contribution in [0.5, 0.6) is 0 Å². The maximum Gasteiger partial charge on any atom is 0.255 e. The lowest BCUT2D eigenvalue weighted by atomic mass is 10.1. The number of carbonyl (C=O) groups is 1. The molecule has 17 heavy (non-hydrogen) atoms. The molecule has 1 fully saturated rings. The van der Waals surface area contributed by atoms with Crippen molar-refractivity contribution in [3.8, 4) is 0 Å². The van der Waals surface area contributed by atoms with Crippen molar-refractivity contribution in [2.24, 2.45) is 0 Å². The van der Waals surface area contributed by atoms with Crippen molar-refractivity contribution in [1.29, 1.82) is 0 Å². The van der Waals surface area contributed by atoms with E-state index in [1.165, 1.54) is 0 Å². The van der Waals surface area contributed by atoms with Gasteiger partial charge in [-0.05, 0) is 41.1 Å². The van der Waals surface area contributed by atoms with E-state index in [0.29, 0.717) is 30.9 Å². The first-order valence-corrected chi connectivity index (χ1v) is 6.33. The maximum atomic E-state index is 12.3. The molecule has 1 saturated heterocycles. The van der Waals surface area contributed by atoms with E-state index in [-0.39, 0.29) is 12.0 Å². The Morgan fingerprint density at radius 3 is 3.06 bits per heavy atom. The fourth-order valence-electron chi connectivity index (χ4n) is 1.88. The first-order chi connectivity index (χ1) is 8.08.